The van der Waals surface area contributed by atoms with Crippen molar-refractivity contribution < 1.29 is 16.8 Å². The number of hydrogen-bond acceptors (Lipinski definition) is 4. The molecule has 1 aliphatic rings. The van der Waals surface area contributed by atoms with Crippen LogP contribution in [-0.4, -0.2) is 45.2 Å². The van der Waals surface area contributed by atoms with E-state index < -0.39 is 25.1 Å². The molecule has 7 heteroatoms. The van der Waals surface area contributed by atoms with E-state index in [1.807, 2.05) is 45.0 Å². The average molecular weight is 357 g/mol. The molecular formula is C16H23NO4S2. The maximum absolute atomic E-state index is 12.2. The molecule has 0 aromatic heterocycles. The van der Waals surface area contributed by atoms with E-state index in [4.69, 9.17) is 0 Å². The first kappa shape index (κ1) is 18.2. The summed E-state index contributed by atoms with van der Waals surface area (Å²) in [6.45, 7) is 5.75. The number of benzene rings is 1. The highest BCUT2D eigenvalue weighted by atomic mass is 32.2. The molecule has 0 atom stereocenters. The molecular weight excluding hydrogens is 334 g/mol. The molecule has 128 valence electrons. The second kappa shape index (κ2) is 6.75. The molecule has 0 N–H and O–H groups in total. The lowest BCUT2D eigenvalue weighted by atomic mass is 10.2. The topological polar surface area (TPSA) is 71.5 Å². The van der Waals surface area contributed by atoms with Crippen molar-refractivity contribution in [2.45, 2.75) is 26.0 Å². The molecule has 0 radical (unpaired) electrons. The second-order valence-electron chi connectivity index (χ2n) is 6.42. The molecule has 1 aromatic rings. The summed E-state index contributed by atoms with van der Waals surface area (Å²) in [5.74, 6) is 0.150. The van der Waals surface area contributed by atoms with Crippen molar-refractivity contribution in [1.82, 2.24) is 4.31 Å². The summed E-state index contributed by atoms with van der Waals surface area (Å²) in [4.78, 5) is 0. The fourth-order valence-corrected chi connectivity index (χ4v) is 5.85. The van der Waals surface area contributed by atoms with Gasteiger partial charge in [-0.3, -0.25) is 0 Å². The van der Waals surface area contributed by atoms with E-state index in [0.717, 1.165) is 16.5 Å². The summed E-state index contributed by atoms with van der Waals surface area (Å²) in [6.07, 6.45) is 1.53. The Hall–Kier alpha value is -1.18. The highest BCUT2D eigenvalue weighted by Crippen LogP contribution is 2.23. The van der Waals surface area contributed by atoms with Crippen LogP contribution in [0.5, 0.6) is 0 Å². The van der Waals surface area contributed by atoms with Gasteiger partial charge in [-0.25, -0.2) is 16.8 Å². The zero-order chi connectivity index (χ0) is 17.3. The minimum Gasteiger partial charge on any atom is -0.228 e. The van der Waals surface area contributed by atoms with Crippen LogP contribution in [0.15, 0.2) is 29.7 Å². The van der Waals surface area contributed by atoms with Gasteiger partial charge in [0.15, 0.2) is 9.84 Å². The molecule has 0 bridgehead atoms. The van der Waals surface area contributed by atoms with Crippen molar-refractivity contribution in [1.29, 1.82) is 0 Å². The minimum atomic E-state index is -3.57. The van der Waals surface area contributed by atoms with E-state index in [2.05, 4.69) is 0 Å². The maximum atomic E-state index is 12.2. The predicted octanol–water partition coefficient (Wildman–Crippen LogP) is 2.05. The van der Waals surface area contributed by atoms with E-state index in [1.54, 1.807) is 0 Å². The predicted molar refractivity (Wildman–Crippen MR) is 93.1 cm³/mol. The molecule has 0 amide bonds. The molecule has 23 heavy (non-hydrogen) atoms. The maximum Gasteiger partial charge on any atom is 0.236 e. The molecule has 1 aromatic carbocycles. The average Bonchev–Trinajstić information content (AvgIpc) is 2.33. The summed E-state index contributed by atoms with van der Waals surface area (Å²) in [5.41, 5.74) is 1.90. The second-order valence-corrected chi connectivity index (χ2v) is 10.6. The van der Waals surface area contributed by atoms with Crippen molar-refractivity contribution in [3.8, 4) is 0 Å². The minimum absolute atomic E-state index is 0.0482. The number of sulfonamides is 1. The normalized spacial score (nSPS) is 17.7. The van der Waals surface area contributed by atoms with Crippen molar-refractivity contribution in [3.63, 3.8) is 0 Å². The summed E-state index contributed by atoms with van der Waals surface area (Å²) >= 11 is 0. The van der Waals surface area contributed by atoms with Crippen LogP contribution < -0.4 is 0 Å². The molecule has 1 fully saturated rings. The monoisotopic (exact) mass is 357 g/mol. The van der Waals surface area contributed by atoms with Gasteiger partial charge in [0.25, 0.3) is 0 Å². The molecule has 1 saturated heterocycles. The van der Waals surface area contributed by atoms with Crippen LogP contribution in [-0.2, 0) is 19.9 Å². The van der Waals surface area contributed by atoms with Gasteiger partial charge in [-0.2, -0.15) is 4.31 Å². The van der Waals surface area contributed by atoms with Crippen LogP contribution in [0.25, 0.3) is 6.08 Å². The molecule has 0 aliphatic carbocycles. The van der Waals surface area contributed by atoms with Crippen molar-refractivity contribution in [2.24, 2.45) is 5.92 Å². The lowest BCUT2D eigenvalue weighted by molar-refractivity contribution is 0.313. The smallest absolute Gasteiger partial charge is 0.228 e. The first-order valence-corrected chi connectivity index (χ1v) is 10.8. The summed E-state index contributed by atoms with van der Waals surface area (Å²) in [5, 5.41) is 0.565. The van der Waals surface area contributed by atoms with Gasteiger partial charge in [0.1, 0.15) is 0 Å². The van der Waals surface area contributed by atoms with E-state index in [9.17, 15) is 16.8 Å². The van der Waals surface area contributed by atoms with E-state index in [0.29, 0.717) is 0 Å². The van der Waals surface area contributed by atoms with Gasteiger partial charge in [0.2, 0.25) is 10.0 Å². The van der Waals surface area contributed by atoms with Crippen LogP contribution in [0.3, 0.4) is 0 Å². The van der Waals surface area contributed by atoms with Crippen molar-refractivity contribution in [2.75, 3.05) is 18.8 Å². The third kappa shape index (κ3) is 4.65. The van der Waals surface area contributed by atoms with E-state index in [1.165, 1.54) is 10.4 Å². The van der Waals surface area contributed by atoms with Crippen molar-refractivity contribution >= 4 is 25.9 Å². The van der Waals surface area contributed by atoms with Crippen LogP contribution in [0, 0.1) is 12.8 Å². The number of hydrogen-bond donors (Lipinski definition) is 0. The summed E-state index contributed by atoms with van der Waals surface area (Å²) in [6, 6.07) is 7.50. The Balaban J connectivity index is 1.99. The molecule has 1 aliphatic heterocycles. The largest absolute Gasteiger partial charge is 0.236 e. The van der Waals surface area contributed by atoms with Crippen LogP contribution in [0.2, 0.25) is 0 Å². The zero-order valence-electron chi connectivity index (χ0n) is 13.6. The summed E-state index contributed by atoms with van der Waals surface area (Å²) in [7, 11) is -6.78. The molecule has 5 nitrogen and oxygen atoms in total. The SMILES string of the molecule is Cc1ccc(/C=C/S(=O)(=O)N2CC(S(=O)(=O)CC(C)C)C2)cc1. The highest BCUT2D eigenvalue weighted by Gasteiger charge is 2.42. The van der Waals surface area contributed by atoms with Gasteiger partial charge in [-0.15, -0.1) is 0 Å². The van der Waals surface area contributed by atoms with Gasteiger partial charge >= 0.3 is 0 Å². The quantitative estimate of drug-likeness (QED) is 0.781. The third-order valence-electron chi connectivity index (χ3n) is 3.76. The molecule has 1 heterocycles. The Kier molecular flexibility index (Phi) is 5.33. The Morgan fingerprint density at radius 1 is 1.13 bits per heavy atom. The van der Waals surface area contributed by atoms with Crippen LogP contribution in [0.4, 0.5) is 0 Å². The van der Waals surface area contributed by atoms with Crippen LogP contribution >= 0.6 is 0 Å². The Bertz CT molecular complexity index is 772. The first-order chi connectivity index (χ1) is 10.6. The number of rotatable bonds is 6. The Morgan fingerprint density at radius 3 is 2.22 bits per heavy atom. The molecule has 0 unspecified atom stereocenters. The number of sulfone groups is 1. The fourth-order valence-electron chi connectivity index (χ4n) is 2.36. The summed E-state index contributed by atoms with van der Waals surface area (Å²) < 4.78 is 49.7. The Labute approximate surface area is 139 Å². The van der Waals surface area contributed by atoms with Crippen LogP contribution in [0.1, 0.15) is 25.0 Å². The lowest BCUT2D eigenvalue weighted by Crippen LogP contribution is -2.56. The van der Waals surface area contributed by atoms with Gasteiger partial charge in [0, 0.05) is 18.5 Å². The standard InChI is InChI=1S/C16H23NO4S2/c1-13(2)12-22(18,19)16-10-17(11-16)23(20,21)9-8-15-6-4-14(3)5-7-15/h4-9,13,16H,10-12H2,1-3H3/b9-8+. The molecule has 2 rings (SSSR count). The zero-order valence-corrected chi connectivity index (χ0v) is 15.3. The Morgan fingerprint density at radius 2 is 1.70 bits per heavy atom. The molecule has 0 spiro atoms. The highest BCUT2D eigenvalue weighted by molar-refractivity contribution is 7.93. The van der Waals surface area contributed by atoms with Gasteiger partial charge in [0.05, 0.1) is 11.0 Å². The third-order valence-corrected chi connectivity index (χ3v) is 7.70. The van der Waals surface area contributed by atoms with E-state index >= 15 is 0 Å². The number of nitrogens with zero attached hydrogens (tertiary/aromatic N) is 1. The first-order valence-electron chi connectivity index (χ1n) is 7.56. The lowest BCUT2D eigenvalue weighted by Gasteiger charge is -2.36. The van der Waals surface area contributed by atoms with E-state index in [-0.39, 0.29) is 24.8 Å². The number of aryl methyl sites for hydroxylation is 1. The van der Waals surface area contributed by atoms with Gasteiger partial charge in [-0.05, 0) is 24.5 Å². The molecule has 0 saturated carbocycles. The fraction of sp³-hybridized carbons (Fsp3) is 0.500. The van der Waals surface area contributed by atoms with Gasteiger partial charge in [-0.1, -0.05) is 43.7 Å². The van der Waals surface area contributed by atoms with Crippen molar-refractivity contribution in [3.05, 3.63) is 40.8 Å². The van der Waals surface area contributed by atoms with Gasteiger partial charge < -0.3 is 0 Å².